The Labute approximate surface area is 145 Å². The first-order chi connectivity index (χ1) is 12.0. The van der Waals surface area contributed by atoms with Gasteiger partial charge in [-0.2, -0.15) is 0 Å². The molecule has 0 heterocycles. The molecule has 3 aromatic rings. The van der Waals surface area contributed by atoms with Crippen molar-refractivity contribution >= 4 is 21.7 Å². The van der Waals surface area contributed by atoms with Crippen molar-refractivity contribution in [1.82, 2.24) is 0 Å². The lowest BCUT2D eigenvalue weighted by Crippen LogP contribution is -2.23. The Morgan fingerprint density at radius 1 is 0.800 bits per heavy atom. The van der Waals surface area contributed by atoms with Gasteiger partial charge >= 0.3 is 0 Å². The molecule has 0 spiro atoms. The summed E-state index contributed by atoms with van der Waals surface area (Å²) in [5.41, 5.74) is 2.18. The number of carbonyl (C=O) groups excluding carboxylic acids is 1. The number of aromatic carboxylic acids is 1. The van der Waals surface area contributed by atoms with Crippen LogP contribution < -0.4 is 9.83 Å². The van der Waals surface area contributed by atoms with Gasteiger partial charge in [-0.3, -0.25) is 4.72 Å². The fraction of sp³-hybridized carbons (Fsp3) is 0. The minimum absolute atomic E-state index is 0.138. The van der Waals surface area contributed by atoms with Crippen LogP contribution in [0.5, 0.6) is 0 Å². The number of hydrogen-bond acceptors (Lipinski definition) is 4. The number of nitrogens with one attached hydrogen (secondary N) is 1. The zero-order valence-electron chi connectivity index (χ0n) is 13.0. The maximum Gasteiger partial charge on any atom is 0.261 e. The van der Waals surface area contributed by atoms with Gasteiger partial charge in [-0.05, 0) is 41.0 Å². The average Bonchev–Trinajstić information content (AvgIpc) is 2.63. The van der Waals surface area contributed by atoms with E-state index >= 15 is 0 Å². The van der Waals surface area contributed by atoms with Crippen molar-refractivity contribution in [3.05, 3.63) is 84.4 Å². The largest absolute Gasteiger partial charge is 0.545 e. The van der Waals surface area contributed by atoms with E-state index in [1.54, 1.807) is 12.1 Å². The molecule has 0 aromatic heterocycles. The molecule has 0 aliphatic rings. The number of sulfonamides is 1. The van der Waals surface area contributed by atoms with Crippen LogP contribution >= 0.6 is 0 Å². The van der Waals surface area contributed by atoms with Crippen molar-refractivity contribution in [2.24, 2.45) is 0 Å². The zero-order valence-corrected chi connectivity index (χ0v) is 13.9. The smallest absolute Gasteiger partial charge is 0.261 e. The van der Waals surface area contributed by atoms with E-state index in [4.69, 9.17) is 0 Å². The van der Waals surface area contributed by atoms with E-state index in [-0.39, 0.29) is 10.5 Å². The van der Waals surface area contributed by atoms with E-state index in [2.05, 4.69) is 4.72 Å². The molecule has 0 unspecified atom stereocenters. The summed E-state index contributed by atoms with van der Waals surface area (Å²) in [6.07, 6.45) is 0. The summed E-state index contributed by atoms with van der Waals surface area (Å²) in [7, 11) is -3.89. The number of hydrogen-bond donors (Lipinski definition) is 1. The standard InChI is InChI=1S/C19H15NO4S/c21-19(22)16-7-4-8-18(13-16)25(23,24)20-17-11-9-15(10-12-17)14-5-2-1-3-6-14/h1-13,20H,(H,21,22)/p-1. The van der Waals surface area contributed by atoms with E-state index in [1.807, 2.05) is 42.5 Å². The fourth-order valence-corrected chi connectivity index (χ4v) is 3.47. The highest BCUT2D eigenvalue weighted by Crippen LogP contribution is 2.23. The highest BCUT2D eigenvalue weighted by molar-refractivity contribution is 7.92. The summed E-state index contributed by atoms with van der Waals surface area (Å²) < 4.78 is 27.3. The molecule has 3 rings (SSSR count). The van der Waals surface area contributed by atoms with Crippen molar-refractivity contribution in [2.45, 2.75) is 4.90 Å². The third kappa shape index (κ3) is 3.87. The SMILES string of the molecule is O=C([O-])c1cccc(S(=O)(=O)Nc2ccc(-c3ccccc3)cc2)c1. The number of anilines is 1. The first-order valence-corrected chi connectivity index (χ1v) is 8.94. The summed E-state index contributed by atoms with van der Waals surface area (Å²) in [4.78, 5) is 10.7. The molecule has 0 radical (unpaired) electrons. The van der Waals surface area contributed by atoms with Crippen molar-refractivity contribution in [3.8, 4) is 11.1 Å². The molecule has 5 nitrogen and oxygen atoms in total. The molecular weight excluding hydrogens is 338 g/mol. The van der Waals surface area contributed by atoms with Gasteiger partial charge in [-0.1, -0.05) is 54.6 Å². The maximum absolute atomic E-state index is 12.4. The number of benzene rings is 3. The van der Waals surface area contributed by atoms with Crippen molar-refractivity contribution < 1.29 is 18.3 Å². The van der Waals surface area contributed by atoms with Gasteiger partial charge in [0.05, 0.1) is 10.9 Å². The Kier molecular flexibility index (Phi) is 4.54. The van der Waals surface area contributed by atoms with Gasteiger partial charge in [-0.15, -0.1) is 0 Å². The Bertz CT molecular complexity index is 997. The van der Waals surface area contributed by atoms with Crippen LogP contribution in [0.1, 0.15) is 10.4 Å². The van der Waals surface area contributed by atoms with E-state index < -0.39 is 16.0 Å². The molecule has 25 heavy (non-hydrogen) atoms. The molecule has 0 aliphatic heterocycles. The minimum atomic E-state index is -3.89. The van der Waals surface area contributed by atoms with Crippen LogP contribution in [0.25, 0.3) is 11.1 Å². The minimum Gasteiger partial charge on any atom is -0.545 e. The van der Waals surface area contributed by atoms with Gasteiger partial charge in [0.2, 0.25) is 0 Å². The summed E-state index contributed by atoms with van der Waals surface area (Å²) in [5.74, 6) is -1.43. The van der Waals surface area contributed by atoms with Crippen molar-refractivity contribution in [3.63, 3.8) is 0 Å². The molecule has 0 aliphatic carbocycles. The fourth-order valence-electron chi connectivity index (χ4n) is 2.37. The first kappa shape index (κ1) is 16.7. The van der Waals surface area contributed by atoms with E-state index in [0.29, 0.717) is 5.69 Å². The first-order valence-electron chi connectivity index (χ1n) is 7.45. The number of carboxylic acid groups (broad SMARTS) is 1. The van der Waals surface area contributed by atoms with Crippen LogP contribution in [0.4, 0.5) is 5.69 Å². The molecular formula is C19H14NO4S-. The van der Waals surface area contributed by atoms with E-state index in [9.17, 15) is 18.3 Å². The predicted octanol–water partition coefficient (Wildman–Crippen LogP) is 2.52. The van der Waals surface area contributed by atoms with Gasteiger partial charge in [0.1, 0.15) is 0 Å². The summed E-state index contributed by atoms with van der Waals surface area (Å²) >= 11 is 0. The predicted molar refractivity (Wildman–Crippen MR) is 93.5 cm³/mol. The Morgan fingerprint density at radius 2 is 1.44 bits per heavy atom. The lowest BCUT2D eigenvalue weighted by Gasteiger charge is -2.10. The normalized spacial score (nSPS) is 11.0. The second-order valence-electron chi connectivity index (χ2n) is 5.36. The Hall–Kier alpha value is -3.12. The topological polar surface area (TPSA) is 86.3 Å². The second kappa shape index (κ2) is 6.78. The number of carboxylic acids is 1. The molecule has 0 saturated heterocycles. The molecule has 0 atom stereocenters. The lowest BCUT2D eigenvalue weighted by molar-refractivity contribution is -0.255. The molecule has 0 bridgehead atoms. The van der Waals surface area contributed by atoms with Crippen LogP contribution in [-0.4, -0.2) is 14.4 Å². The van der Waals surface area contributed by atoms with Gasteiger partial charge < -0.3 is 9.90 Å². The van der Waals surface area contributed by atoms with Crippen LogP contribution in [0.3, 0.4) is 0 Å². The van der Waals surface area contributed by atoms with E-state index in [0.717, 1.165) is 17.2 Å². The van der Waals surface area contributed by atoms with Gasteiger partial charge in [0, 0.05) is 5.69 Å². The summed E-state index contributed by atoms with van der Waals surface area (Å²) in [5, 5.41) is 10.9. The van der Waals surface area contributed by atoms with Crippen LogP contribution in [0.15, 0.2) is 83.8 Å². The highest BCUT2D eigenvalue weighted by atomic mass is 32.2. The molecule has 0 amide bonds. The molecule has 1 N–H and O–H groups in total. The summed E-state index contributed by atoms with van der Waals surface area (Å²) in [6.45, 7) is 0. The van der Waals surface area contributed by atoms with Crippen molar-refractivity contribution in [2.75, 3.05) is 4.72 Å². The molecule has 3 aromatic carbocycles. The van der Waals surface area contributed by atoms with Gasteiger partial charge in [0.15, 0.2) is 0 Å². The van der Waals surface area contributed by atoms with Crippen molar-refractivity contribution in [1.29, 1.82) is 0 Å². The Morgan fingerprint density at radius 3 is 2.08 bits per heavy atom. The van der Waals surface area contributed by atoms with Crippen LogP contribution in [0, 0.1) is 0 Å². The molecule has 0 saturated carbocycles. The number of carbonyl (C=O) groups is 1. The zero-order chi connectivity index (χ0) is 17.9. The highest BCUT2D eigenvalue weighted by Gasteiger charge is 2.15. The van der Waals surface area contributed by atoms with Gasteiger partial charge in [0.25, 0.3) is 10.0 Å². The number of rotatable bonds is 5. The van der Waals surface area contributed by atoms with Crippen LogP contribution in [0.2, 0.25) is 0 Å². The third-order valence-electron chi connectivity index (χ3n) is 3.62. The average molecular weight is 352 g/mol. The van der Waals surface area contributed by atoms with E-state index in [1.165, 1.54) is 18.2 Å². The van der Waals surface area contributed by atoms with Crippen LogP contribution in [-0.2, 0) is 10.0 Å². The summed E-state index contributed by atoms with van der Waals surface area (Å²) in [6, 6.07) is 21.7. The monoisotopic (exact) mass is 352 g/mol. The molecule has 6 heteroatoms. The molecule has 126 valence electrons. The third-order valence-corrected chi connectivity index (χ3v) is 5.00. The maximum atomic E-state index is 12.4. The molecule has 0 fully saturated rings. The Balaban J connectivity index is 1.84. The lowest BCUT2D eigenvalue weighted by atomic mass is 10.1. The second-order valence-corrected chi connectivity index (χ2v) is 7.05. The van der Waals surface area contributed by atoms with Gasteiger partial charge in [-0.25, -0.2) is 8.42 Å². The quantitative estimate of drug-likeness (QED) is 0.764.